The van der Waals surface area contributed by atoms with E-state index in [1.807, 2.05) is 39.0 Å². The fourth-order valence-electron chi connectivity index (χ4n) is 2.47. The number of anilines is 1. The van der Waals surface area contributed by atoms with Gasteiger partial charge in [-0.3, -0.25) is 9.59 Å². The second kappa shape index (κ2) is 6.60. The molecule has 21 heavy (non-hydrogen) atoms. The largest absolute Gasteiger partial charge is 0.344 e. The summed E-state index contributed by atoms with van der Waals surface area (Å²) in [7, 11) is 0. The maximum absolute atomic E-state index is 12.8. The number of halogens is 1. The first-order valence-electron chi connectivity index (χ1n) is 7.31. The van der Waals surface area contributed by atoms with Crippen molar-refractivity contribution in [3.63, 3.8) is 0 Å². The molecule has 0 spiro atoms. The van der Waals surface area contributed by atoms with E-state index in [4.69, 9.17) is 0 Å². The van der Waals surface area contributed by atoms with Crippen LogP contribution in [0.1, 0.15) is 32.3 Å². The summed E-state index contributed by atoms with van der Waals surface area (Å²) in [6.45, 7) is 6.45. The van der Waals surface area contributed by atoms with Crippen LogP contribution in [0.4, 0.5) is 5.69 Å². The molecule has 2 atom stereocenters. The van der Waals surface area contributed by atoms with Crippen molar-refractivity contribution in [3.05, 3.63) is 28.2 Å². The van der Waals surface area contributed by atoms with Crippen molar-refractivity contribution in [2.45, 2.75) is 39.7 Å². The van der Waals surface area contributed by atoms with Gasteiger partial charge in [-0.1, -0.05) is 36.2 Å². The van der Waals surface area contributed by atoms with Crippen LogP contribution in [-0.4, -0.2) is 24.4 Å². The van der Waals surface area contributed by atoms with E-state index in [2.05, 4.69) is 21.2 Å². The van der Waals surface area contributed by atoms with Crippen LogP contribution in [0.2, 0.25) is 0 Å². The Labute approximate surface area is 134 Å². The highest BCUT2D eigenvalue weighted by atomic mass is 79.9. The second-order valence-corrected chi connectivity index (χ2v) is 6.46. The number of carbonyl (C=O) groups is 2. The second-order valence-electron chi connectivity index (χ2n) is 5.60. The summed E-state index contributed by atoms with van der Waals surface area (Å²) < 4.78 is 1.01. The molecule has 1 aromatic rings. The first-order chi connectivity index (χ1) is 9.93. The van der Waals surface area contributed by atoms with Crippen LogP contribution in [0.3, 0.4) is 0 Å². The molecule has 0 bridgehead atoms. The van der Waals surface area contributed by atoms with E-state index in [1.54, 1.807) is 4.90 Å². The lowest BCUT2D eigenvalue weighted by Gasteiger charge is -2.27. The highest BCUT2D eigenvalue weighted by molar-refractivity contribution is 9.10. The SMILES string of the molecule is CCC(C)C1NC(=O)CCN(c2ccc(Br)c(C)c2)C1=O. The number of nitrogens with one attached hydrogen (secondary N) is 1. The zero-order chi connectivity index (χ0) is 15.6. The van der Waals surface area contributed by atoms with E-state index < -0.39 is 6.04 Å². The number of hydrogen-bond acceptors (Lipinski definition) is 2. The van der Waals surface area contributed by atoms with E-state index in [0.29, 0.717) is 13.0 Å². The van der Waals surface area contributed by atoms with Gasteiger partial charge in [0.1, 0.15) is 6.04 Å². The number of hydrogen-bond donors (Lipinski definition) is 1. The van der Waals surface area contributed by atoms with Crippen molar-refractivity contribution in [1.29, 1.82) is 0 Å². The van der Waals surface area contributed by atoms with Gasteiger partial charge in [-0.25, -0.2) is 0 Å². The van der Waals surface area contributed by atoms with Gasteiger partial charge in [0, 0.05) is 23.1 Å². The summed E-state index contributed by atoms with van der Waals surface area (Å²) >= 11 is 3.47. The monoisotopic (exact) mass is 352 g/mol. The molecule has 5 heteroatoms. The highest BCUT2D eigenvalue weighted by Gasteiger charge is 2.33. The third kappa shape index (κ3) is 3.46. The molecule has 1 fully saturated rings. The summed E-state index contributed by atoms with van der Waals surface area (Å²) in [4.78, 5) is 26.4. The van der Waals surface area contributed by atoms with Crippen LogP contribution in [0.5, 0.6) is 0 Å². The minimum atomic E-state index is -0.436. The predicted octanol–water partition coefficient (Wildman–Crippen LogP) is 3.03. The van der Waals surface area contributed by atoms with Crippen LogP contribution in [0, 0.1) is 12.8 Å². The summed E-state index contributed by atoms with van der Waals surface area (Å²) in [5.41, 5.74) is 1.93. The molecule has 114 valence electrons. The molecule has 2 amide bonds. The zero-order valence-electron chi connectivity index (χ0n) is 12.6. The Hall–Kier alpha value is -1.36. The molecule has 1 aromatic carbocycles. The topological polar surface area (TPSA) is 49.4 Å². The van der Waals surface area contributed by atoms with Crippen LogP contribution < -0.4 is 10.2 Å². The van der Waals surface area contributed by atoms with Gasteiger partial charge in [-0.15, -0.1) is 0 Å². The van der Waals surface area contributed by atoms with E-state index >= 15 is 0 Å². The maximum Gasteiger partial charge on any atom is 0.249 e. The van der Waals surface area contributed by atoms with Crippen molar-refractivity contribution in [1.82, 2.24) is 5.32 Å². The minimum absolute atomic E-state index is 0.0167. The fraction of sp³-hybridized carbons (Fsp3) is 0.500. The van der Waals surface area contributed by atoms with Gasteiger partial charge < -0.3 is 10.2 Å². The first-order valence-corrected chi connectivity index (χ1v) is 8.10. The molecule has 1 aliphatic heterocycles. The van der Waals surface area contributed by atoms with Gasteiger partial charge in [-0.05, 0) is 36.6 Å². The maximum atomic E-state index is 12.8. The number of amides is 2. The molecule has 1 N–H and O–H groups in total. The molecular formula is C16H21BrN2O2. The lowest BCUT2D eigenvalue weighted by molar-refractivity contribution is -0.126. The third-order valence-electron chi connectivity index (χ3n) is 4.08. The van der Waals surface area contributed by atoms with Crippen molar-refractivity contribution >= 4 is 33.4 Å². The Kier molecular flexibility index (Phi) is 5.04. The van der Waals surface area contributed by atoms with E-state index in [9.17, 15) is 9.59 Å². The quantitative estimate of drug-likeness (QED) is 0.908. The average molecular weight is 353 g/mol. The van der Waals surface area contributed by atoms with Crippen molar-refractivity contribution in [2.75, 3.05) is 11.4 Å². The number of benzene rings is 1. The first kappa shape index (κ1) is 16.0. The molecule has 0 aliphatic carbocycles. The number of carbonyl (C=O) groups excluding carboxylic acids is 2. The summed E-state index contributed by atoms with van der Waals surface area (Å²) in [5, 5.41) is 2.87. The third-order valence-corrected chi connectivity index (χ3v) is 4.97. The summed E-state index contributed by atoms with van der Waals surface area (Å²) in [6, 6.07) is 5.40. The Bertz CT molecular complexity index is 559. The Morgan fingerprint density at radius 3 is 2.76 bits per heavy atom. The van der Waals surface area contributed by atoms with Gasteiger partial charge in [0.05, 0.1) is 0 Å². The summed E-state index contributed by atoms with van der Waals surface area (Å²) in [5.74, 6) is 0.0560. The molecule has 2 rings (SSSR count). The van der Waals surface area contributed by atoms with Crippen LogP contribution in [0.15, 0.2) is 22.7 Å². The molecule has 2 unspecified atom stereocenters. The van der Waals surface area contributed by atoms with Crippen LogP contribution in [-0.2, 0) is 9.59 Å². The molecule has 4 nitrogen and oxygen atoms in total. The molecular weight excluding hydrogens is 332 g/mol. The van der Waals surface area contributed by atoms with Gasteiger partial charge in [0.2, 0.25) is 11.8 Å². The fourth-order valence-corrected chi connectivity index (χ4v) is 2.72. The van der Waals surface area contributed by atoms with E-state index in [0.717, 1.165) is 22.1 Å². The zero-order valence-corrected chi connectivity index (χ0v) is 14.2. The van der Waals surface area contributed by atoms with Gasteiger partial charge in [-0.2, -0.15) is 0 Å². The standard InChI is InChI=1S/C16H21BrN2O2/c1-4-10(2)15-16(21)19(8-7-14(20)18-15)12-5-6-13(17)11(3)9-12/h5-6,9-10,15H,4,7-8H2,1-3H3,(H,18,20). The van der Waals surface area contributed by atoms with Crippen LogP contribution >= 0.6 is 15.9 Å². The Morgan fingerprint density at radius 2 is 2.14 bits per heavy atom. The predicted molar refractivity (Wildman–Crippen MR) is 87.2 cm³/mol. The lowest BCUT2D eigenvalue weighted by atomic mass is 9.98. The Morgan fingerprint density at radius 1 is 1.43 bits per heavy atom. The van der Waals surface area contributed by atoms with Crippen molar-refractivity contribution < 1.29 is 9.59 Å². The van der Waals surface area contributed by atoms with E-state index in [-0.39, 0.29) is 17.7 Å². The van der Waals surface area contributed by atoms with Crippen molar-refractivity contribution in [3.8, 4) is 0 Å². The van der Waals surface area contributed by atoms with Crippen molar-refractivity contribution in [2.24, 2.45) is 5.92 Å². The molecule has 1 saturated heterocycles. The average Bonchev–Trinajstić information content (AvgIpc) is 2.61. The minimum Gasteiger partial charge on any atom is -0.344 e. The van der Waals surface area contributed by atoms with Crippen LogP contribution in [0.25, 0.3) is 0 Å². The molecule has 0 aromatic heterocycles. The smallest absolute Gasteiger partial charge is 0.249 e. The molecule has 0 saturated carbocycles. The number of aryl methyl sites for hydroxylation is 1. The molecule has 0 radical (unpaired) electrons. The highest BCUT2D eigenvalue weighted by Crippen LogP contribution is 2.25. The summed E-state index contributed by atoms with van der Waals surface area (Å²) in [6.07, 6.45) is 1.19. The lowest BCUT2D eigenvalue weighted by Crippen LogP contribution is -2.48. The number of nitrogens with zero attached hydrogens (tertiary/aromatic N) is 1. The molecule has 1 heterocycles. The normalized spacial score (nSPS) is 21.0. The van der Waals surface area contributed by atoms with E-state index in [1.165, 1.54) is 0 Å². The van der Waals surface area contributed by atoms with Gasteiger partial charge >= 0.3 is 0 Å². The Balaban J connectivity index is 2.34. The number of rotatable bonds is 3. The van der Waals surface area contributed by atoms with Gasteiger partial charge in [0.15, 0.2) is 0 Å². The van der Waals surface area contributed by atoms with Gasteiger partial charge in [0.25, 0.3) is 0 Å². The molecule has 1 aliphatic rings.